The number of nitrogens with zero attached hydrogens (tertiary/aromatic N) is 4. The quantitative estimate of drug-likeness (QED) is 0.683. The van der Waals surface area contributed by atoms with Gasteiger partial charge in [-0.05, 0) is 38.2 Å². The van der Waals surface area contributed by atoms with Crippen LogP contribution in [0.15, 0.2) is 35.4 Å². The van der Waals surface area contributed by atoms with Gasteiger partial charge >= 0.3 is 0 Å². The highest BCUT2D eigenvalue weighted by Crippen LogP contribution is 2.30. The molecule has 1 aliphatic heterocycles. The third-order valence-corrected chi connectivity index (χ3v) is 7.00. The summed E-state index contributed by atoms with van der Waals surface area (Å²) in [5.41, 5.74) is 2.72. The fraction of sp³-hybridized carbons (Fsp3) is 0.455. The van der Waals surface area contributed by atoms with Gasteiger partial charge in [0.15, 0.2) is 10.8 Å². The molecule has 1 amide bonds. The molecule has 1 N–H and O–H groups in total. The van der Waals surface area contributed by atoms with E-state index in [0.29, 0.717) is 22.9 Å². The van der Waals surface area contributed by atoms with Crippen LogP contribution in [0.4, 0.5) is 5.13 Å². The van der Waals surface area contributed by atoms with Crippen molar-refractivity contribution >= 4 is 32.7 Å². The van der Waals surface area contributed by atoms with Crippen molar-refractivity contribution < 1.29 is 4.79 Å². The number of carbonyl (C=O) groups is 1. The molecule has 0 atom stereocenters. The highest BCUT2D eigenvalue weighted by molar-refractivity contribution is 7.22. The Kier molecular flexibility index (Phi) is 5.02. The van der Waals surface area contributed by atoms with Crippen LogP contribution in [-0.4, -0.2) is 39.6 Å². The van der Waals surface area contributed by atoms with Crippen LogP contribution in [0.25, 0.3) is 10.3 Å². The second-order valence-electron chi connectivity index (χ2n) is 8.36. The number of nitrogens with one attached hydrogen (secondary N) is 1. The van der Waals surface area contributed by atoms with Crippen molar-refractivity contribution in [3.8, 4) is 0 Å². The van der Waals surface area contributed by atoms with Gasteiger partial charge in [-0.15, -0.1) is 0 Å². The van der Waals surface area contributed by atoms with E-state index in [0.717, 1.165) is 49.5 Å². The van der Waals surface area contributed by atoms with Gasteiger partial charge in [-0.3, -0.25) is 14.2 Å². The first-order chi connectivity index (χ1) is 14.6. The zero-order valence-corrected chi connectivity index (χ0v) is 17.8. The van der Waals surface area contributed by atoms with Crippen LogP contribution in [0.2, 0.25) is 0 Å². The van der Waals surface area contributed by atoms with Gasteiger partial charge < -0.3 is 10.2 Å². The number of amides is 1. The highest BCUT2D eigenvalue weighted by Gasteiger charge is 2.30. The summed E-state index contributed by atoms with van der Waals surface area (Å²) < 4.78 is 2.23. The molecule has 2 aliphatic rings. The summed E-state index contributed by atoms with van der Waals surface area (Å²) in [5, 5.41) is 3.93. The molecule has 1 saturated carbocycles. The smallest absolute Gasteiger partial charge is 0.273 e. The van der Waals surface area contributed by atoms with Crippen LogP contribution >= 0.6 is 11.3 Å². The number of thiazole rings is 1. The lowest BCUT2D eigenvalue weighted by Crippen LogP contribution is -2.41. The summed E-state index contributed by atoms with van der Waals surface area (Å²) in [6, 6.07) is 8.58. The Hall–Kier alpha value is -2.74. The Bertz CT molecular complexity index is 1120. The Labute approximate surface area is 178 Å². The molecule has 0 spiro atoms. The van der Waals surface area contributed by atoms with Crippen molar-refractivity contribution in [2.75, 3.05) is 18.0 Å². The van der Waals surface area contributed by atoms with Gasteiger partial charge in [-0.25, -0.2) is 4.98 Å². The molecule has 5 rings (SSSR count). The maximum atomic E-state index is 13.0. The SMILES string of the molecule is Cc1ccc(Cn2cnc3nc(N4CCC(C(=O)NC5CC5)CC4)sc3c2=O)cc1. The van der Waals surface area contributed by atoms with E-state index in [4.69, 9.17) is 0 Å². The maximum Gasteiger partial charge on any atom is 0.273 e. The number of piperidine rings is 1. The number of aryl methyl sites for hydroxylation is 1. The van der Waals surface area contributed by atoms with E-state index in [9.17, 15) is 9.59 Å². The fourth-order valence-electron chi connectivity index (χ4n) is 3.85. The van der Waals surface area contributed by atoms with Crippen molar-refractivity contribution in [2.45, 2.75) is 45.2 Å². The van der Waals surface area contributed by atoms with Crippen LogP contribution in [0.5, 0.6) is 0 Å². The molecule has 30 heavy (non-hydrogen) atoms. The van der Waals surface area contributed by atoms with Gasteiger partial charge in [0, 0.05) is 25.0 Å². The van der Waals surface area contributed by atoms with Crippen LogP contribution in [-0.2, 0) is 11.3 Å². The number of anilines is 1. The molecule has 0 bridgehead atoms. The van der Waals surface area contributed by atoms with Gasteiger partial charge in [-0.2, -0.15) is 4.98 Å². The van der Waals surface area contributed by atoms with E-state index in [1.54, 1.807) is 10.9 Å². The summed E-state index contributed by atoms with van der Waals surface area (Å²) >= 11 is 1.41. The third-order valence-electron chi connectivity index (χ3n) is 5.91. The first kappa shape index (κ1) is 19.2. The number of benzene rings is 1. The molecule has 0 unspecified atom stereocenters. The van der Waals surface area contributed by atoms with E-state index in [1.807, 2.05) is 31.2 Å². The molecule has 7 nitrogen and oxygen atoms in total. The normalized spacial score (nSPS) is 17.4. The third kappa shape index (κ3) is 3.96. The minimum Gasteiger partial charge on any atom is -0.353 e. The molecule has 1 aromatic carbocycles. The predicted octanol–water partition coefficient (Wildman–Crippen LogP) is 2.70. The summed E-state index contributed by atoms with van der Waals surface area (Å²) in [7, 11) is 0. The van der Waals surface area contributed by atoms with E-state index in [2.05, 4.69) is 20.2 Å². The first-order valence-electron chi connectivity index (χ1n) is 10.5. The lowest BCUT2D eigenvalue weighted by atomic mass is 9.96. The van der Waals surface area contributed by atoms with Crippen molar-refractivity contribution in [1.82, 2.24) is 19.9 Å². The summed E-state index contributed by atoms with van der Waals surface area (Å²) in [6.07, 6.45) is 5.46. The lowest BCUT2D eigenvalue weighted by Gasteiger charge is -2.30. The molecule has 3 heterocycles. The molecule has 3 aromatic rings. The van der Waals surface area contributed by atoms with Gasteiger partial charge in [0.1, 0.15) is 11.0 Å². The number of fused-ring (bicyclic) bond motifs is 1. The molecular weight excluding hydrogens is 398 g/mol. The molecule has 156 valence electrons. The van der Waals surface area contributed by atoms with Crippen LogP contribution in [0.1, 0.15) is 36.8 Å². The lowest BCUT2D eigenvalue weighted by molar-refractivity contribution is -0.125. The van der Waals surface area contributed by atoms with Gasteiger partial charge in [0.2, 0.25) is 5.91 Å². The Morgan fingerprint density at radius 1 is 1.17 bits per heavy atom. The summed E-state index contributed by atoms with van der Waals surface area (Å²) in [6.45, 7) is 4.10. The summed E-state index contributed by atoms with van der Waals surface area (Å²) in [4.78, 5) is 36.5. The van der Waals surface area contributed by atoms with E-state index in [-0.39, 0.29) is 17.4 Å². The van der Waals surface area contributed by atoms with E-state index in [1.165, 1.54) is 16.9 Å². The van der Waals surface area contributed by atoms with Crippen LogP contribution in [0.3, 0.4) is 0 Å². The Morgan fingerprint density at radius 3 is 2.60 bits per heavy atom. The van der Waals surface area contributed by atoms with Crippen molar-refractivity contribution in [3.63, 3.8) is 0 Å². The number of carbonyl (C=O) groups excluding carboxylic acids is 1. The van der Waals surface area contributed by atoms with Crippen LogP contribution in [0, 0.1) is 12.8 Å². The monoisotopic (exact) mass is 423 g/mol. The molecule has 1 saturated heterocycles. The van der Waals surface area contributed by atoms with Crippen molar-refractivity contribution in [1.29, 1.82) is 0 Å². The van der Waals surface area contributed by atoms with Crippen LogP contribution < -0.4 is 15.8 Å². The minimum atomic E-state index is -0.0528. The predicted molar refractivity (Wildman–Crippen MR) is 118 cm³/mol. The average Bonchev–Trinajstić information content (AvgIpc) is 3.46. The molecule has 8 heteroatoms. The standard InChI is InChI=1S/C22H25N5O2S/c1-14-2-4-15(5-3-14)12-27-13-23-19-18(21(27)29)30-22(25-19)26-10-8-16(9-11-26)20(28)24-17-6-7-17/h2-5,13,16-17H,6-12H2,1H3,(H,24,28). The van der Waals surface area contributed by atoms with Gasteiger partial charge in [0.05, 0.1) is 6.54 Å². The second kappa shape index (κ2) is 7.83. The number of hydrogen-bond donors (Lipinski definition) is 1. The molecular formula is C22H25N5O2S. The fourth-order valence-corrected chi connectivity index (χ4v) is 4.87. The molecule has 2 aromatic heterocycles. The minimum absolute atomic E-state index is 0.0528. The zero-order valence-electron chi connectivity index (χ0n) is 17.0. The molecule has 1 aliphatic carbocycles. The van der Waals surface area contributed by atoms with Crippen molar-refractivity contribution in [3.05, 3.63) is 52.1 Å². The average molecular weight is 424 g/mol. The maximum absolute atomic E-state index is 13.0. The van der Waals surface area contributed by atoms with Gasteiger partial charge in [-0.1, -0.05) is 41.2 Å². The van der Waals surface area contributed by atoms with E-state index < -0.39 is 0 Å². The van der Waals surface area contributed by atoms with E-state index >= 15 is 0 Å². The first-order valence-corrected chi connectivity index (χ1v) is 11.4. The number of hydrogen-bond acceptors (Lipinski definition) is 6. The largest absolute Gasteiger partial charge is 0.353 e. The van der Waals surface area contributed by atoms with Gasteiger partial charge in [0.25, 0.3) is 5.56 Å². The second-order valence-corrected chi connectivity index (χ2v) is 9.33. The number of aromatic nitrogens is 3. The molecule has 0 radical (unpaired) electrons. The number of rotatable bonds is 5. The Balaban J connectivity index is 1.30. The summed E-state index contributed by atoms with van der Waals surface area (Å²) in [5.74, 6) is 0.281. The zero-order chi connectivity index (χ0) is 20.7. The highest BCUT2D eigenvalue weighted by atomic mass is 32.1. The Morgan fingerprint density at radius 2 is 1.90 bits per heavy atom. The van der Waals surface area contributed by atoms with Crippen molar-refractivity contribution in [2.24, 2.45) is 5.92 Å². The topological polar surface area (TPSA) is 80.1 Å². The molecule has 2 fully saturated rings.